The lowest BCUT2D eigenvalue weighted by molar-refractivity contribution is 0.0994. The summed E-state index contributed by atoms with van der Waals surface area (Å²) in [4.78, 5) is 13.9. The molecule has 3 aromatic rings. The summed E-state index contributed by atoms with van der Waals surface area (Å²) in [5.41, 5.74) is 9.33. The third kappa shape index (κ3) is 2.98. The Morgan fingerprint density at radius 1 is 1.20 bits per heavy atom. The van der Waals surface area contributed by atoms with Crippen molar-refractivity contribution in [2.45, 2.75) is 13.0 Å². The molecule has 0 spiro atoms. The molecule has 0 saturated carbocycles. The van der Waals surface area contributed by atoms with Crippen LogP contribution in [0.4, 0.5) is 0 Å². The van der Waals surface area contributed by atoms with E-state index < -0.39 is 5.91 Å². The predicted molar refractivity (Wildman–Crippen MR) is 98.3 cm³/mol. The highest BCUT2D eigenvalue weighted by Crippen LogP contribution is 2.25. The topological polar surface area (TPSA) is 63.6 Å². The fourth-order valence-corrected chi connectivity index (χ4v) is 3.30. The van der Waals surface area contributed by atoms with Crippen LogP contribution in [0.2, 0.25) is 5.02 Å². The van der Waals surface area contributed by atoms with E-state index in [9.17, 15) is 4.79 Å². The molecule has 5 nitrogen and oxygen atoms in total. The summed E-state index contributed by atoms with van der Waals surface area (Å²) in [6.07, 6.45) is 5.44. The molecule has 2 N–H and O–H groups in total. The molecule has 6 heteroatoms. The van der Waals surface area contributed by atoms with Crippen LogP contribution >= 0.6 is 11.6 Å². The van der Waals surface area contributed by atoms with Crippen LogP contribution < -0.4 is 5.73 Å². The Balaban J connectivity index is 1.65. The average Bonchev–Trinajstić information content (AvgIpc) is 3.23. The zero-order valence-electron chi connectivity index (χ0n) is 13.5. The minimum Gasteiger partial charge on any atom is -0.373 e. The van der Waals surface area contributed by atoms with Crippen LogP contribution in [0.15, 0.2) is 54.7 Å². The van der Waals surface area contributed by atoms with Crippen molar-refractivity contribution < 1.29 is 4.79 Å². The van der Waals surface area contributed by atoms with Crippen LogP contribution in [0.3, 0.4) is 0 Å². The van der Waals surface area contributed by atoms with Crippen molar-refractivity contribution in [2.75, 3.05) is 6.54 Å². The van der Waals surface area contributed by atoms with Crippen LogP contribution in [0.1, 0.15) is 22.5 Å². The molecule has 25 heavy (non-hydrogen) atoms. The zero-order valence-corrected chi connectivity index (χ0v) is 14.3. The highest BCUT2D eigenvalue weighted by Gasteiger charge is 2.14. The fraction of sp³-hybridized carbons (Fsp3) is 0.158. The smallest absolute Gasteiger partial charge is 0.267 e. The summed E-state index contributed by atoms with van der Waals surface area (Å²) >= 11 is 6.14. The summed E-state index contributed by atoms with van der Waals surface area (Å²) < 4.78 is 1.50. The molecule has 3 heterocycles. The molecule has 0 saturated heterocycles. The van der Waals surface area contributed by atoms with Gasteiger partial charge in [-0.1, -0.05) is 41.9 Å². The molecular weight excluding hydrogens is 336 g/mol. The van der Waals surface area contributed by atoms with Gasteiger partial charge in [0.15, 0.2) is 0 Å². The van der Waals surface area contributed by atoms with Crippen molar-refractivity contribution in [1.29, 1.82) is 0 Å². The Bertz CT molecular complexity index is 975. The van der Waals surface area contributed by atoms with Crippen LogP contribution in [-0.4, -0.2) is 27.0 Å². The number of halogens is 1. The Labute approximate surface area is 150 Å². The number of aromatic nitrogens is 2. The van der Waals surface area contributed by atoms with E-state index >= 15 is 0 Å². The molecule has 1 amide bonds. The van der Waals surface area contributed by atoms with Gasteiger partial charge in [0.05, 0.1) is 16.2 Å². The number of nitrogens with two attached hydrogens (primary N) is 1. The maximum absolute atomic E-state index is 11.6. The van der Waals surface area contributed by atoms with E-state index in [2.05, 4.69) is 34.4 Å². The predicted octanol–water partition coefficient (Wildman–Crippen LogP) is 3.47. The first kappa shape index (κ1) is 15.7. The second-order valence-electron chi connectivity index (χ2n) is 6.10. The standard InChI is InChI=1S/C19H17ClN4O/c20-15-11-18(19(21)25)24-17(15)8-7-16(22-24)14-5-3-13(4-6-14)12-23-9-1-2-10-23/h1,3-9,11H,2,10,12H2,(H2,21,25). The van der Waals surface area contributed by atoms with E-state index in [4.69, 9.17) is 17.3 Å². The van der Waals surface area contributed by atoms with E-state index in [1.807, 2.05) is 24.3 Å². The van der Waals surface area contributed by atoms with Gasteiger partial charge in [0, 0.05) is 18.7 Å². The lowest BCUT2D eigenvalue weighted by atomic mass is 10.1. The molecule has 0 unspecified atom stereocenters. The Morgan fingerprint density at radius 3 is 2.68 bits per heavy atom. The van der Waals surface area contributed by atoms with Crippen molar-refractivity contribution in [3.63, 3.8) is 0 Å². The molecule has 2 aromatic heterocycles. The van der Waals surface area contributed by atoms with Gasteiger partial charge in [-0.25, -0.2) is 4.52 Å². The van der Waals surface area contributed by atoms with Crippen molar-refractivity contribution in [3.05, 3.63) is 71.0 Å². The van der Waals surface area contributed by atoms with Crippen molar-refractivity contribution in [3.8, 4) is 11.3 Å². The minimum atomic E-state index is -0.555. The van der Waals surface area contributed by atoms with Gasteiger partial charge in [-0.3, -0.25) is 4.79 Å². The van der Waals surface area contributed by atoms with Gasteiger partial charge in [-0.15, -0.1) is 0 Å². The average molecular weight is 353 g/mol. The number of primary amides is 1. The molecule has 126 valence electrons. The number of nitrogens with zero attached hydrogens (tertiary/aromatic N) is 3. The molecule has 0 fully saturated rings. The van der Waals surface area contributed by atoms with Crippen LogP contribution in [0, 0.1) is 0 Å². The summed E-state index contributed by atoms with van der Waals surface area (Å²) in [7, 11) is 0. The molecule has 1 aliphatic heterocycles. The molecule has 1 aromatic carbocycles. The van der Waals surface area contributed by atoms with Gasteiger partial charge >= 0.3 is 0 Å². The number of fused-ring (bicyclic) bond motifs is 1. The summed E-state index contributed by atoms with van der Waals surface area (Å²) in [5.74, 6) is -0.555. The molecular formula is C19H17ClN4O. The normalized spacial score (nSPS) is 13.7. The van der Waals surface area contributed by atoms with Gasteiger partial charge in [-0.2, -0.15) is 5.10 Å². The quantitative estimate of drug-likeness (QED) is 0.782. The molecule has 4 rings (SSSR count). The first-order valence-electron chi connectivity index (χ1n) is 8.10. The van der Waals surface area contributed by atoms with Crippen molar-refractivity contribution in [1.82, 2.24) is 14.5 Å². The minimum absolute atomic E-state index is 0.277. The van der Waals surface area contributed by atoms with Crippen molar-refractivity contribution >= 4 is 23.0 Å². The Kier molecular flexibility index (Phi) is 3.93. The lowest BCUT2D eigenvalue weighted by Gasteiger charge is -2.15. The first-order valence-corrected chi connectivity index (χ1v) is 8.48. The number of carbonyl (C=O) groups is 1. The first-order chi connectivity index (χ1) is 12.1. The number of carbonyl (C=O) groups excluding carboxylic acids is 1. The molecule has 1 aliphatic rings. The second kappa shape index (κ2) is 6.26. The molecule has 0 radical (unpaired) electrons. The van der Waals surface area contributed by atoms with Crippen LogP contribution in [0.25, 0.3) is 16.8 Å². The second-order valence-corrected chi connectivity index (χ2v) is 6.51. The van der Waals surface area contributed by atoms with E-state index in [-0.39, 0.29) is 5.69 Å². The summed E-state index contributed by atoms with van der Waals surface area (Å²) in [6.45, 7) is 1.98. The summed E-state index contributed by atoms with van der Waals surface area (Å²) in [5, 5.41) is 4.99. The van der Waals surface area contributed by atoms with Gasteiger partial charge in [0.25, 0.3) is 5.91 Å². The monoisotopic (exact) mass is 352 g/mol. The maximum atomic E-state index is 11.6. The van der Waals surface area contributed by atoms with Gasteiger partial charge < -0.3 is 10.6 Å². The van der Waals surface area contributed by atoms with Crippen molar-refractivity contribution in [2.24, 2.45) is 5.73 Å². The third-order valence-electron chi connectivity index (χ3n) is 4.36. The van der Waals surface area contributed by atoms with E-state index in [1.165, 1.54) is 10.1 Å². The number of amides is 1. The Morgan fingerprint density at radius 2 is 2.00 bits per heavy atom. The SMILES string of the molecule is NC(=O)c1cc(Cl)c2ccc(-c3ccc(CN4C=CCC4)cc3)nn12. The highest BCUT2D eigenvalue weighted by atomic mass is 35.5. The fourth-order valence-electron chi connectivity index (χ4n) is 3.06. The number of hydrogen-bond donors (Lipinski definition) is 1. The zero-order chi connectivity index (χ0) is 17.4. The number of rotatable bonds is 4. The number of benzene rings is 1. The van der Waals surface area contributed by atoms with Gasteiger partial charge in [-0.05, 0) is 36.4 Å². The van der Waals surface area contributed by atoms with E-state index in [1.54, 1.807) is 6.07 Å². The van der Waals surface area contributed by atoms with Gasteiger partial charge in [0.2, 0.25) is 0 Å². The number of hydrogen-bond acceptors (Lipinski definition) is 3. The lowest BCUT2D eigenvalue weighted by Crippen LogP contribution is -2.15. The Hall–Kier alpha value is -2.79. The van der Waals surface area contributed by atoms with E-state index in [0.29, 0.717) is 10.5 Å². The van der Waals surface area contributed by atoms with Crippen LogP contribution in [0.5, 0.6) is 0 Å². The molecule has 0 atom stereocenters. The maximum Gasteiger partial charge on any atom is 0.267 e. The largest absolute Gasteiger partial charge is 0.373 e. The molecule has 0 aliphatic carbocycles. The summed E-state index contributed by atoms with van der Waals surface area (Å²) in [6, 6.07) is 13.6. The van der Waals surface area contributed by atoms with E-state index in [0.717, 1.165) is 30.8 Å². The third-order valence-corrected chi connectivity index (χ3v) is 4.66. The highest BCUT2D eigenvalue weighted by molar-refractivity contribution is 6.34. The van der Waals surface area contributed by atoms with Gasteiger partial charge in [0.1, 0.15) is 5.69 Å². The molecule has 0 bridgehead atoms. The van der Waals surface area contributed by atoms with Crippen LogP contribution in [-0.2, 0) is 6.54 Å².